The van der Waals surface area contributed by atoms with Crippen molar-refractivity contribution in [3.05, 3.63) is 112 Å². The van der Waals surface area contributed by atoms with Crippen LogP contribution in [0.1, 0.15) is 29.5 Å². The fourth-order valence-corrected chi connectivity index (χ4v) is 8.34. The highest BCUT2D eigenvalue weighted by Crippen LogP contribution is 2.35. The Balaban J connectivity index is 1.84. The second-order valence-corrected chi connectivity index (χ2v) is 11.1. The van der Waals surface area contributed by atoms with Crippen LogP contribution in [-0.2, 0) is 0 Å². The summed E-state index contributed by atoms with van der Waals surface area (Å²) in [5.74, 6) is 0.652. The maximum atomic E-state index is 6.93. The van der Waals surface area contributed by atoms with E-state index >= 15 is 0 Å². The topological polar surface area (TPSA) is 0 Å². The van der Waals surface area contributed by atoms with Gasteiger partial charge < -0.3 is 0 Å². The minimum absolute atomic E-state index is 0.260. The molecule has 5 rings (SSSR count). The largest absolute Gasteiger partial charge is 0.156 e. The summed E-state index contributed by atoms with van der Waals surface area (Å²) < 4.78 is 0. The molecule has 0 nitrogen and oxygen atoms in total. The predicted octanol–water partition coefficient (Wildman–Crippen LogP) is 5.84. The molecule has 0 bridgehead atoms. The zero-order valence-electron chi connectivity index (χ0n) is 16.6. The van der Waals surface area contributed by atoms with Gasteiger partial charge in [-0.05, 0) is 51.2 Å². The second kappa shape index (κ2) is 8.07. The maximum absolute atomic E-state index is 6.93. The van der Waals surface area contributed by atoms with Crippen LogP contribution >= 0.6 is 23.2 Å². The van der Waals surface area contributed by atoms with Gasteiger partial charge in [0.2, 0.25) is 0 Å². The van der Waals surface area contributed by atoms with E-state index in [1.54, 1.807) is 0 Å². The third-order valence-corrected chi connectivity index (χ3v) is 9.51. The fraction of sp³-hybridized carbons (Fsp3) is 0.111. The van der Waals surface area contributed by atoms with E-state index in [1.807, 2.05) is 6.07 Å². The molecule has 1 radical (unpaired) electrons. The number of allylic oxidation sites excluding steroid dienone is 4. The number of hydrogen-bond donors (Lipinski definition) is 0. The second-order valence-electron chi connectivity index (χ2n) is 7.89. The molecule has 3 aromatic carbocycles. The predicted molar refractivity (Wildman–Crippen MR) is 133 cm³/mol. The van der Waals surface area contributed by atoms with E-state index in [9.17, 15) is 0 Å². The summed E-state index contributed by atoms with van der Waals surface area (Å²) >= 11 is 13.4. The Kier molecular flexibility index (Phi) is 5.28. The van der Waals surface area contributed by atoms with Crippen LogP contribution in [0.2, 0.25) is 10.0 Å². The zero-order valence-corrected chi connectivity index (χ0v) is 19.2. The van der Waals surface area contributed by atoms with Crippen LogP contribution in [0.5, 0.6) is 0 Å². The van der Waals surface area contributed by atoms with Crippen molar-refractivity contribution in [2.45, 2.75) is 12.8 Å². The van der Waals surface area contributed by atoms with Crippen molar-refractivity contribution in [2.75, 3.05) is 0 Å². The van der Waals surface area contributed by atoms with E-state index in [0.29, 0.717) is 5.92 Å². The molecule has 1 aliphatic heterocycles. The SMILES string of the molecule is CC1C=CC=CC1c1c(Cl)ccc2c1[Si](c1ccccc1)c1cc(Cl)ccc1C=C2. The normalized spacial score (nSPS) is 20.0. The Hall–Kier alpha value is -2.32. The molecule has 2 unspecified atom stereocenters. The maximum Gasteiger partial charge on any atom is 0.156 e. The molecule has 0 N–H and O–H groups in total. The van der Waals surface area contributed by atoms with Crippen molar-refractivity contribution < 1.29 is 0 Å². The Morgan fingerprint density at radius 2 is 1.53 bits per heavy atom. The summed E-state index contributed by atoms with van der Waals surface area (Å²) in [6.07, 6.45) is 13.3. The van der Waals surface area contributed by atoms with Crippen LogP contribution in [0.15, 0.2) is 85.0 Å². The molecule has 1 heterocycles. The number of benzene rings is 3. The summed E-state index contributed by atoms with van der Waals surface area (Å²) in [6, 6.07) is 21.3. The van der Waals surface area contributed by atoms with Gasteiger partial charge in [0.25, 0.3) is 0 Å². The van der Waals surface area contributed by atoms with Crippen LogP contribution in [0.3, 0.4) is 0 Å². The van der Waals surface area contributed by atoms with E-state index in [2.05, 4.69) is 98.0 Å². The van der Waals surface area contributed by atoms with E-state index in [0.717, 1.165) is 10.0 Å². The quantitative estimate of drug-likeness (QED) is 0.341. The summed E-state index contributed by atoms with van der Waals surface area (Å²) in [7, 11) is -1.31. The molecule has 1 aliphatic carbocycles. The van der Waals surface area contributed by atoms with Crippen molar-refractivity contribution in [1.29, 1.82) is 0 Å². The molecule has 2 aliphatic rings. The van der Waals surface area contributed by atoms with Gasteiger partial charge in [0, 0.05) is 16.0 Å². The molecular weight excluding hydrogens is 423 g/mol. The molecule has 0 saturated heterocycles. The first-order valence-corrected chi connectivity index (χ1v) is 12.5. The lowest BCUT2D eigenvalue weighted by Gasteiger charge is -2.29. The Morgan fingerprint density at radius 1 is 0.800 bits per heavy atom. The van der Waals surface area contributed by atoms with Crippen molar-refractivity contribution in [2.24, 2.45) is 5.92 Å². The molecule has 2 atom stereocenters. The van der Waals surface area contributed by atoms with E-state index in [-0.39, 0.29) is 5.92 Å². The van der Waals surface area contributed by atoms with Gasteiger partial charge in [-0.25, -0.2) is 0 Å². The highest BCUT2D eigenvalue weighted by Gasteiger charge is 2.32. The van der Waals surface area contributed by atoms with Gasteiger partial charge in [0.1, 0.15) is 0 Å². The summed E-state index contributed by atoms with van der Waals surface area (Å²) in [5, 5.41) is 5.68. The Morgan fingerprint density at radius 3 is 2.33 bits per heavy atom. The molecule has 0 spiro atoms. The van der Waals surface area contributed by atoms with Gasteiger partial charge in [-0.3, -0.25) is 0 Å². The molecule has 30 heavy (non-hydrogen) atoms. The van der Waals surface area contributed by atoms with Gasteiger partial charge >= 0.3 is 0 Å². The van der Waals surface area contributed by atoms with Crippen LogP contribution in [-0.4, -0.2) is 8.80 Å². The first-order chi connectivity index (χ1) is 14.6. The molecule has 0 aromatic heterocycles. The molecule has 3 heteroatoms. The molecular formula is C27H21Cl2Si. The van der Waals surface area contributed by atoms with Gasteiger partial charge in [0.05, 0.1) is 0 Å². The van der Waals surface area contributed by atoms with Crippen molar-refractivity contribution in [1.82, 2.24) is 0 Å². The molecule has 3 aromatic rings. The van der Waals surface area contributed by atoms with Crippen molar-refractivity contribution in [3.63, 3.8) is 0 Å². The van der Waals surface area contributed by atoms with Crippen LogP contribution < -0.4 is 15.6 Å². The van der Waals surface area contributed by atoms with Gasteiger partial charge in [0.15, 0.2) is 8.80 Å². The Bertz CT molecular complexity index is 1190. The van der Waals surface area contributed by atoms with Gasteiger partial charge in [-0.2, -0.15) is 0 Å². The fourth-order valence-electron chi connectivity index (χ4n) is 4.54. The third-order valence-electron chi connectivity index (χ3n) is 6.01. The minimum Gasteiger partial charge on any atom is -0.0843 e. The molecule has 147 valence electrons. The smallest absolute Gasteiger partial charge is 0.0843 e. The van der Waals surface area contributed by atoms with Gasteiger partial charge in [-0.15, -0.1) is 0 Å². The molecule has 0 saturated carbocycles. The minimum atomic E-state index is -1.31. The average Bonchev–Trinajstić information content (AvgIpc) is 2.92. The summed E-state index contributed by atoms with van der Waals surface area (Å²) in [5.41, 5.74) is 3.76. The summed E-state index contributed by atoms with van der Waals surface area (Å²) in [4.78, 5) is 0. The highest BCUT2D eigenvalue weighted by molar-refractivity contribution is 6.97. The lowest BCUT2D eigenvalue weighted by Crippen LogP contribution is -2.55. The number of rotatable bonds is 2. The molecule has 0 fully saturated rings. The first-order valence-electron chi connectivity index (χ1n) is 10.2. The van der Waals surface area contributed by atoms with Crippen LogP contribution in [0.4, 0.5) is 0 Å². The lowest BCUT2D eigenvalue weighted by atomic mass is 9.83. The van der Waals surface area contributed by atoms with E-state index in [4.69, 9.17) is 23.2 Å². The number of hydrogen-bond acceptors (Lipinski definition) is 0. The van der Waals surface area contributed by atoms with E-state index in [1.165, 1.54) is 32.3 Å². The summed E-state index contributed by atoms with van der Waals surface area (Å²) in [6.45, 7) is 2.27. The van der Waals surface area contributed by atoms with Crippen molar-refractivity contribution >= 4 is 59.7 Å². The first kappa shape index (κ1) is 19.6. The monoisotopic (exact) mass is 443 g/mol. The van der Waals surface area contributed by atoms with Gasteiger partial charge in [-0.1, -0.05) is 114 Å². The van der Waals surface area contributed by atoms with Crippen LogP contribution in [0.25, 0.3) is 12.2 Å². The number of fused-ring (bicyclic) bond motifs is 2. The lowest BCUT2D eigenvalue weighted by molar-refractivity contribution is 0.638. The zero-order chi connectivity index (χ0) is 20.7. The van der Waals surface area contributed by atoms with Crippen LogP contribution in [0, 0.1) is 5.92 Å². The van der Waals surface area contributed by atoms with Crippen molar-refractivity contribution in [3.8, 4) is 0 Å². The third kappa shape index (κ3) is 3.41. The standard InChI is InChI=1S/C27H21Cl2Si/c1-18-7-5-6-10-23(18)26-24(29)16-14-20-12-11-19-13-15-21(28)17-25(19)30(27(20)26)22-8-3-2-4-9-22/h2-18,23H,1H3. The Labute approximate surface area is 189 Å². The van der Waals surface area contributed by atoms with E-state index < -0.39 is 8.80 Å². The molecule has 0 amide bonds. The number of halogens is 2. The average molecular weight is 444 g/mol. The highest BCUT2D eigenvalue weighted by atomic mass is 35.5.